The third-order valence-electron chi connectivity index (χ3n) is 4.68. The van der Waals surface area contributed by atoms with E-state index in [1.807, 2.05) is 0 Å². The van der Waals surface area contributed by atoms with Gasteiger partial charge in [0.05, 0.1) is 10.5 Å². The number of Topliss-reactive ketones (excluding diaryl/α,β-unsaturated/α-hetero) is 1. The molecule has 0 spiro atoms. The summed E-state index contributed by atoms with van der Waals surface area (Å²) < 4.78 is 0.591. The third kappa shape index (κ3) is 4.35. The Bertz CT molecular complexity index is 343. The van der Waals surface area contributed by atoms with Crippen molar-refractivity contribution in [3.05, 3.63) is 5.21 Å². The maximum absolute atomic E-state index is 12.4. The Morgan fingerprint density at radius 3 is 2.85 bits per heavy atom. The van der Waals surface area contributed by atoms with E-state index in [0.29, 0.717) is 23.3 Å². The summed E-state index contributed by atoms with van der Waals surface area (Å²) in [6.07, 6.45) is 5.09. The molecule has 6 atom stereocenters. The fraction of sp³-hybridized carbons (Fsp3) is 0.923. The second-order valence-electron chi connectivity index (χ2n) is 6.19. The highest BCUT2D eigenvalue weighted by atomic mass is 127. The number of halogens is 1. The first-order valence-corrected chi connectivity index (χ1v) is 8.71. The summed E-state index contributed by atoms with van der Waals surface area (Å²) in [5, 5.41) is 19.4. The van der Waals surface area contributed by atoms with Gasteiger partial charge in [0, 0.05) is 25.2 Å². The molecule has 5 N–H and O–H groups in total. The number of rotatable bonds is 4. The van der Waals surface area contributed by atoms with Crippen molar-refractivity contribution in [1.29, 1.82) is 0 Å². The molecule has 6 nitrogen and oxygen atoms in total. The van der Waals surface area contributed by atoms with Crippen LogP contribution in [0.15, 0.2) is 0 Å². The molecule has 0 amide bonds. The van der Waals surface area contributed by atoms with Crippen LogP contribution >= 0.6 is 22.6 Å². The number of ketones is 1. The van der Waals surface area contributed by atoms with Crippen molar-refractivity contribution in [3.63, 3.8) is 0 Å². The largest absolute Gasteiger partial charge is 0.600 e. The van der Waals surface area contributed by atoms with Crippen molar-refractivity contribution in [3.8, 4) is 0 Å². The molecule has 20 heavy (non-hydrogen) atoms. The number of hydrogen-bond donors (Lipinski definition) is 4. The molecule has 0 aromatic heterocycles. The second-order valence-corrected chi connectivity index (χ2v) is 7.95. The topological polar surface area (TPSA) is 95.3 Å². The second kappa shape index (κ2) is 7.46. The smallest absolute Gasteiger partial charge is 0.190 e. The lowest BCUT2D eigenvalue weighted by Crippen LogP contribution is -3.20. The zero-order valence-corrected chi connectivity index (χ0v) is 13.8. The van der Waals surface area contributed by atoms with Crippen LogP contribution in [0.2, 0.25) is 0 Å². The summed E-state index contributed by atoms with van der Waals surface area (Å²) in [5.41, 5.74) is 6.11. The fourth-order valence-electron chi connectivity index (χ4n) is 3.38. The lowest BCUT2D eigenvalue weighted by Gasteiger charge is -2.35. The van der Waals surface area contributed by atoms with Gasteiger partial charge in [-0.25, -0.2) is 10.4 Å². The van der Waals surface area contributed by atoms with Crippen molar-refractivity contribution in [2.24, 2.45) is 11.7 Å². The Hall–Kier alpha value is 0.200. The Morgan fingerprint density at radius 1 is 1.40 bits per heavy atom. The van der Waals surface area contributed by atoms with Gasteiger partial charge in [-0.3, -0.25) is 10.5 Å². The van der Waals surface area contributed by atoms with Gasteiger partial charge in [0.2, 0.25) is 0 Å². The van der Waals surface area contributed by atoms with Crippen molar-refractivity contribution in [2.45, 2.75) is 54.7 Å². The molecule has 7 heteroatoms. The van der Waals surface area contributed by atoms with Crippen LogP contribution in [-0.4, -0.2) is 40.2 Å². The number of carbonyl (C=O) groups is 1. The van der Waals surface area contributed by atoms with Gasteiger partial charge >= 0.3 is 0 Å². The van der Waals surface area contributed by atoms with Crippen molar-refractivity contribution in [2.75, 3.05) is 13.1 Å². The Labute approximate surface area is 133 Å². The molecule has 1 aliphatic carbocycles. The highest BCUT2D eigenvalue weighted by Crippen LogP contribution is 2.23. The molecule has 0 radical (unpaired) electrons. The van der Waals surface area contributed by atoms with E-state index in [9.17, 15) is 10.0 Å². The zero-order valence-electron chi connectivity index (χ0n) is 11.7. The van der Waals surface area contributed by atoms with E-state index in [2.05, 4.69) is 22.6 Å². The first-order chi connectivity index (χ1) is 9.47. The number of hydrogen-bond acceptors (Lipinski definition) is 4. The van der Waals surface area contributed by atoms with Gasteiger partial charge in [-0.2, -0.15) is 0 Å². The van der Waals surface area contributed by atoms with Crippen molar-refractivity contribution < 1.29 is 20.1 Å². The molecule has 2 fully saturated rings. The molecule has 0 aromatic carbocycles. The Morgan fingerprint density at radius 2 is 2.15 bits per heavy atom. The molecule has 1 saturated heterocycles. The van der Waals surface area contributed by atoms with Gasteiger partial charge in [-0.15, -0.1) is 0 Å². The van der Waals surface area contributed by atoms with E-state index in [1.54, 1.807) is 0 Å². The first-order valence-electron chi connectivity index (χ1n) is 7.47. The van der Waals surface area contributed by atoms with Crippen LogP contribution in [0.1, 0.15) is 38.5 Å². The molecular weight excluding hydrogens is 373 g/mol. The van der Waals surface area contributed by atoms with Gasteiger partial charge in [-0.05, 0) is 19.3 Å². The molecule has 6 unspecified atom stereocenters. The first kappa shape index (κ1) is 16.6. The minimum absolute atomic E-state index is 0.0591. The monoisotopic (exact) mass is 398 g/mol. The van der Waals surface area contributed by atoms with E-state index in [4.69, 9.17) is 10.9 Å². The van der Waals surface area contributed by atoms with Crippen LogP contribution in [0, 0.1) is 11.1 Å². The highest BCUT2D eigenvalue weighted by Gasteiger charge is 2.35. The summed E-state index contributed by atoms with van der Waals surface area (Å²) in [5.74, 6) is 0.144. The van der Waals surface area contributed by atoms with E-state index >= 15 is 0 Å². The molecule has 2 rings (SSSR count). The molecular formula is C13H25IN3O3+. The lowest BCUT2D eigenvalue weighted by atomic mass is 9.83. The summed E-state index contributed by atoms with van der Waals surface area (Å²) in [6, 6.07) is -0.333. The number of quaternary nitrogens is 2. The van der Waals surface area contributed by atoms with Crippen LogP contribution < -0.4 is 15.9 Å². The van der Waals surface area contributed by atoms with Crippen LogP contribution in [0.5, 0.6) is 0 Å². The standard InChI is InChI=1S/C13H24IN3O3/c14-10-4-5-13(15)16(7-10)8-12(18)9-2-1-3-11(6-9)17(19)20/h9-11,13,17,19H,1-8,15H2/p+1. The maximum atomic E-state index is 12.4. The lowest BCUT2D eigenvalue weighted by molar-refractivity contribution is -1.07. The number of carbonyl (C=O) groups excluding carboxylic acids is 1. The van der Waals surface area contributed by atoms with Crippen molar-refractivity contribution in [1.82, 2.24) is 0 Å². The summed E-state index contributed by atoms with van der Waals surface area (Å²) in [6.45, 7) is 1.42. The minimum Gasteiger partial charge on any atom is -0.600 e. The summed E-state index contributed by atoms with van der Waals surface area (Å²) in [7, 11) is 0. The van der Waals surface area contributed by atoms with Gasteiger partial charge in [0.15, 0.2) is 5.78 Å². The average Bonchev–Trinajstić information content (AvgIpc) is 2.43. The van der Waals surface area contributed by atoms with Crippen molar-refractivity contribution >= 4 is 28.4 Å². The number of alkyl halides is 1. The van der Waals surface area contributed by atoms with Gasteiger partial charge in [0.1, 0.15) is 18.8 Å². The number of nitrogens with one attached hydrogen (secondary N) is 2. The Kier molecular flexibility index (Phi) is 6.18. The summed E-state index contributed by atoms with van der Waals surface area (Å²) >= 11 is 2.43. The third-order valence-corrected chi connectivity index (χ3v) is 5.74. The van der Waals surface area contributed by atoms with Gasteiger partial charge in [0.25, 0.3) is 0 Å². The van der Waals surface area contributed by atoms with E-state index in [0.717, 1.165) is 32.2 Å². The number of piperidine rings is 1. The van der Waals surface area contributed by atoms with Crippen LogP contribution in [-0.2, 0) is 4.79 Å². The molecule has 1 saturated carbocycles. The highest BCUT2D eigenvalue weighted by molar-refractivity contribution is 14.1. The normalized spacial score (nSPS) is 40.3. The maximum Gasteiger partial charge on any atom is 0.190 e. The van der Waals surface area contributed by atoms with Crippen LogP contribution in [0.3, 0.4) is 0 Å². The van der Waals surface area contributed by atoms with Crippen LogP contribution in [0.25, 0.3) is 0 Å². The molecule has 1 heterocycles. The number of hydroxylamine groups is 2. The molecule has 116 valence electrons. The molecule has 0 aromatic rings. The van der Waals surface area contributed by atoms with Gasteiger partial charge < -0.3 is 10.1 Å². The Balaban J connectivity index is 1.87. The zero-order chi connectivity index (χ0) is 14.7. The number of likely N-dealkylation sites (tertiary alicyclic amines) is 1. The summed E-state index contributed by atoms with van der Waals surface area (Å²) in [4.78, 5) is 13.6. The quantitative estimate of drug-likeness (QED) is 0.268. The molecule has 1 aliphatic heterocycles. The van der Waals surface area contributed by atoms with E-state index < -0.39 is 5.23 Å². The fourth-order valence-corrected chi connectivity index (χ4v) is 4.31. The molecule has 2 aliphatic rings. The molecule has 0 bridgehead atoms. The van der Waals surface area contributed by atoms with E-state index in [-0.39, 0.29) is 23.9 Å². The predicted octanol–water partition coefficient (Wildman–Crippen LogP) is -1.35. The SMILES string of the molecule is NC1CCC(I)C[NH+]1CC(=O)C1CCCC([NH+]([O-])O)C1. The van der Waals surface area contributed by atoms with Gasteiger partial charge in [-0.1, -0.05) is 22.6 Å². The number of nitrogens with two attached hydrogens (primary N) is 1. The van der Waals surface area contributed by atoms with Crippen LogP contribution in [0.4, 0.5) is 0 Å². The predicted molar refractivity (Wildman–Crippen MR) is 82.6 cm³/mol. The van der Waals surface area contributed by atoms with E-state index in [1.165, 1.54) is 4.90 Å². The average molecular weight is 398 g/mol. The minimum atomic E-state index is -0.753.